The number of hydrogen-bond acceptors (Lipinski definition) is 4. The molecule has 0 bridgehead atoms. The molecule has 1 saturated carbocycles. The first-order chi connectivity index (χ1) is 14.8. The van der Waals surface area contributed by atoms with Crippen molar-refractivity contribution in [3.63, 3.8) is 0 Å². The number of alkyl halides is 2. The molecule has 1 amide bonds. The normalized spacial score (nSPS) is 20.8. The minimum absolute atomic E-state index is 0.106. The van der Waals surface area contributed by atoms with Crippen molar-refractivity contribution in [2.75, 3.05) is 45.7 Å². The van der Waals surface area contributed by atoms with E-state index in [9.17, 15) is 13.6 Å². The van der Waals surface area contributed by atoms with Crippen LogP contribution in [-0.4, -0.2) is 70.2 Å². The van der Waals surface area contributed by atoms with Gasteiger partial charge in [-0.05, 0) is 31.4 Å². The lowest BCUT2D eigenvalue weighted by Gasteiger charge is -2.31. The van der Waals surface area contributed by atoms with E-state index in [-0.39, 0.29) is 23.1 Å². The molecule has 2 N–H and O–H groups in total. The van der Waals surface area contributed by atoms with Gasteiger partial charge in [-0.3, -0.25) is 9.79 Å². The van der Waals surface area contributed by atoms with E-state index in [1.165, 1.54) is 0 Å². The summed E-state index contributed by atoms with van der Waals surface area (Å²) in [6.07, 6.45) is 4.72. The molecule has 1 aromatic carbocycles. The van der Waals surface area contributed by atoms with Crippen LogP contribution in [0.5, 0.6) is 5.75 Å². The molecule has 1 unspecified atom stereocenters. The minimum Gasteiger partial charge on any atom is -0.433 e. The molecule has 0 radical (unpaired) electrons. The van der Waals surface area contributed by atoms with E-state index >= 15 is 0 Å². The first-order valence-corrected chi connectivity index (χ1v) is 10.8. The quantitative estimate of drug-likeness (QED) is 0.507. The Morgan fingerprint density at radius 2 is 2.03 bits per heavy atom. The molecule has 0 spiro atoms. The third-order valence-corrected chi connectivity index (χ3v) is 6.19. The van der Waals surface area contributed by atoms with Crippen LogP contribution >= 0.6 is 0 Å². The van der Waals surface area contributed by atoms with Crippen LogP contribution in [0.4, 0.5) is 14.5 Å². The summed E-state index contributed by atoms with van der Waals surface area (Å²) in [5, 5.41) is 6.77. The maximum Gasteiger partial charge on any atom is 0.387 e. The molecule has 0 aromatic heterocycles. The van der Waals surface area contributed by atoms with Crippen LogP contribution < -0.4 is 20.3 Å². The number of halogens is 2. The fourth-order valence-electron chi connectivity index (χ4n) is 4.64. The number of benzene rings is 1. The number of carbonyl (C=O) groups is 1. The van der Waals surface area contributed by atoms with Gasteiger partial charge in [0.05, 0.1) is 11.1 Å². The van der Waals surface area contributed by atoms with Crippen LogP contribution in [0.25, 0.3) is 0 Å². The van der Waals surface area contributed by atoms with Crippen LogP contribution in [0.15, 0.2) is 29.3 Å². The number of guanidine groups is 1. The van der Waals surface area contributed by atoms with E-state index in [4.69, 9.17) is 0 Å². The molecule has 3 rings (SSSR count). The average Bonchev–Trinajstić information content (AvgIpc) is 3.41. The number of anilines is 1. The number of carbonyl (C=O) groups excluding carboxylic acids is 1. The Morgan fingerprint density at radius 3 is 2.68 bits per heavy atom. The first kappa shape index (κ1) is 23.1. The Bertz CT molecular complexity index is 781. The van der Waals surface area contributed by atoms with Crippen molar-refractivity contribution in [1.29, 1.82) is 0 Å². The minimum atomic E-state index is -2.85. The standard InChI is InChI=1S/C22H33F2N5O2/c1-25-21(26-15-22(11-6-7-12-22)19(30)28(2)3)27-16-10-13-29(14-16)17-8-4-5-9-18(17)31-20(23)24/h4-5,8-9,16,20H,6-7,10-15H2,1-3H3,(H2,25,26,27). The number of nitrogens with one attached hydrogen (secondary N) is 2. The summed E-state index contributed by atoms with van der Waals surface area (Å²) in [6.45, 7) is -0.938. The Morgan fingerprint density at radius 1 is 1.32 bits per heavy atom. The lowest BCUT2D eigenvalue weighted by Crippen LogP contribution is -2.51. The average molecular weight is 438 g/mol. The van der Waals surface area contributed by atoms with Crippen molar-refractivity contribution in [2.24, 2.45) is 10.4 Å². The first-order valence-electron chi connectivity index (χ1n) is 10.8. The van der Waals surface area contributed by atoms with Crippen LogP contribution in [0.3, 0.4) is 0 Å². The zero-order chi connectivity index (χ0) is 22.4. The number of rotatable bonds is 7. The van der Waals surface area contributed by atoms with Gasteiger partial charge in [0.2, 0.25) is 5.91 Å². The monoisotopic (exact) mass is 437 g/mol. The smallest absolute Gasteiger partial charge is 0.387 e. The number of ether oxygens (including phenoxy) is 1. The summed E-state index contributed by atoms with van der Waals surface area (Å²) >= 11 is 0. The number of amides is 1. The van der Waals surface area contributed by atoms with Gasteiger partial charge in [-0.2, -0.15) is 8.78 Å². The maximum absolute atomic E-state index is 12.8. The summed E-state index contributed by atoms with van der Waals surface area (Å²) in [5.74, 6) is 1.00. The highest BCUT2D eigenvalue weighted by Gasteiger charge is 2.42. The molecule has 1 aliphatic heterocycles. The molecular formula is C22H33F2N5O2. The highest BCUT2D eigenvalue weighted by atomic mass is 19.3. The molecule has 7 nitrogen and oxygen atoms in total. The molecule has 172 valence electrons. The lowest BCUT2D eigenvalue weighted by atomic mass is 9.84. The van der Waals surface area contributed by atoms with Gasteiger partial charge in [0.1, 0.15) is 5.75 Å². The van der Waals surface area contributed by atoms with Crippen molar-refractivity contribution in [1.82, 2.24) is 15.5 Å². The van der Waals surface area contributed by atoms with E-state index < -0.39 is 6.61 Å². The van der Waals surface area contributed by atoms with Gasteiger partial charge in [0, 0.05) is 46.8 Å². The number of nitrogens with zero attached hydrogens (tertiary/aromatic N) is 3. The summed E-state index contributed by atoms with van der Waals surface area (Å²) in [4.78, 5) is 20.8. The van der Waals surface area contributed by atoms with Crippen molar-refractivity contribution < 1.29 is 18.3 Å². The van der Waals surface area contributed by atoms with Gasteiger partial charge in [-0.15, -0.1) is 0 Å². The van der Waals surface area contributed by atoms with Gasteiger partial charge in [-0.25, -0.2) is 0 Å². The van der Waals surface area contributed by atoms with E-state index in [0.29, 0.717) is 24.7 Å². The summed E-state index contributed by atoms with van der Waals surface area (Å²) in [5.41, 5.74) is 0.283. The van der Waals surface area contributed by atoms with E-state index in [1.54, 1.807) is 44.2 Å². The van der Waals surface area contributed by atoms with E-state index in [2.05, 4.69) is 20.4 Å². The molecule has 1 aromatic rings. The van der Waals surface area contributed by atoms with Gasteiger partial charge < -0.3 is 25.2 Å². The molecular weight excluding hydrogens is 404 g/mol. The Hall–Kier alpha value is -2.58. The predicted octanol–water partition coefficient (Wildman–Crippen LogP) is 2.68. The van der Waals surface area contributed by atoms with Crippen LogP contribution in [0.2, 0.25) is 0 Å². The zero-order valence-corrected chi connectivity index (χ0v) is 18.5. The topological polar surface area (TPSA) is 69.2 Å². The highest BCUT2D eigenvalue weighted by molar-refractivity contribution is 5.85. The van der Waals surface area contributed by atoms with Crippen molar-refractivity contribution in [3.8, 4) is 5.75 Å². The third kappa shape index (κ3) is 5.57. The van der Waals surface area contributed by atoms with Gasteiger partial charge in [0.15, 0.2) is 5.96 Å². The van der Waals surface area contributed by atoms with Crippen LogP contribution in [-0.2, 0) is 4.79 Å². The second-order valence-electron chi connectivity index (χ2n) is 8.53. The largest absolute Gasteiger partial charge is 0.433 e. The summed E-state index contributed by atoms with van der Waals surface area (Å²) in [7, 11) is 5.32. The Labute approximate surface area is 182 Å². The van der Waals surface area contributed by atoms with Crippen LogP contribution in [0.1, 0.15) is 32.1 Å². The highest BCUT2D eigenvalue weighted by Crippen LogP contribution is 2.39. The SMILES string of the molecule is CN=C(NCC1(C(=O)N(C)C)CCCC1)NC1CCN(c2ccccc2OC(F)F)C1. The molecule has 9 heteroatoms. The zero-order valence-electron chi connectivity index (χ0n) is 18.5. The number of hydrogen-bond donors (Lipinski definition) is 2. The molecule has 1 saturated heterocycles. The van der Waals surface area contributed by atoms with Crippen LogP contribution in [0, 0.1) is 5.41 Å². The molecule has 1 heterocycles. The maximum atomic E-state index is 12.8. The van der Waals surface area contributed by atoms with E-state index in [1.807, 2.05) is 11.0 Å². The molecule has 2 fully saturated rings. The Kier molecular flexibility index (Phi) is 7.56. The van der Waals surface area contributed by atoms with Gasteiger partial charge in [0.25, 0.3) is 0 Å². The fourth-order valence-corrected chi connectivity index (χ4v) is 4.64. The number of aliphatic imine (C=N–C) groups is 1. The number of para-hydroxylation sites is 2. The second kappa shape index (κ2) is 10.2. The van der Waals surface area contributed by atoms with Crippen molar-refractivity contribution >= 4 is 17.6 Å². The third-order valence-electron chi connectivity index (χ3n) is 6.19. The van der Waals surface area contributed by atoms with Gasteiger partial charge in [-0.1, -0.05) is 25.0 Å². The Balaban J connectivity index is 1.58. The molecule has 31 heavy (non-hydrogen) atoms. The second-order valence-corrected chi connectivity index (χ2v) is 8.53. The summed E-state index contributed by atoms with van der Waals surface area (Å²) < 4.78 is 30.1. The van der Waals surface area contributed by atoms with E-state index in [0.717, 1.165) is 38.6 Å². The fraction of sp³-hybridized carbons (Fsp3) is 0.636. The molecule has 2 aliphatic rings. The van der Waals surface area contributed by atoms with Crippen molar-refractivity contribution in [3.05, 3.63) is 24.3 Å². The van der Waals surface area contributed by atoms with Crippen molar-refractivity contribution in [2.45, 2.75) is 44.8 Å². The molecule has 1 aliphatic carbocycles. The van der Waals surface area contributed by atoms with Gasteiger partial charge >= 0.3 is 6.61 Å². The predicted molar refractivity (Wildman–Crippen MR) is 118 cm³/mol. The summed E-state index contributed by atoms with van der Waals surface area (Å²) in [6, 6.07) is 6.97. The lowest BCUT2D eigenvalue weighted by molar-refractivity contribution is -0.138. The molecule has 1 atom stereocenters.